The molecule has 2 atom stereocenters. The third-order valence-electron chi connectivity index (χ3n) is 5.26. The Balaban J connectivity index is 1.45. The van der Waals surface area contributed by atoms with Crippen molar-refractivity contribution in [1.29, 1.82) is 0 Å². The van der Waals surface area contributed by atoms with Crippen molar-refractivity contribution in [3.63, 3.8) is 0 Å². The van der Waals surface area contributed by atoms with Gasteiger partial charge in [-0.3, -0.25) is 29.4 Å². The number of ether oxygens (including phenoxy) is 2. The highest BCUT2D eigenvalue weighted by Gasteiger charge is 2.44. The minimum Gasteiger partial charge on any atom is -0.491 e. The van der Waals surface area contributed by atoms with Crippen LogP contribution in [0.15, 0.2) is 18.2 Å². The molecule has 11 nitrogen and oxygen atoms in total. The lowest BCUT2D eigenvalue weighted by Gasteiger charge is -2.30. The van der Waals surface area contributed by atoms with Crippen molar-refractivity contribution < 1.29 is 38.6 Å². The fourth-order valence-corrected chi connectivity index (χ4v) is 3.72. The van der Waals surface area contributed by atoms with Gasteiger partial charge in [-0.05, 0) is 24.6 Å². The van der Waals surface area contributed by atoms with Gasteiger partial charge in [0.2, 0.25) is 11.8 Å². The summed E-state index contributed by atoms with van der Waals surface area (Å²) in [5, 5.41) is 11.2. The molecule has 3 heterocycles. The number of rotatable bonds is 4. The van der Waals surface area contributed by atoms with E-state index < -0.39 is 41.9 Å². The lowest BCUT2D eigenvalue weighted by atomic mass is 10.0. The number of imide groups is 2. The summed E-state index contributed by atoms with van der Waals surface area (Å²) in [6, 6.07) is 3.36. The van der Waals surface area contributed by atoms with Gasteiger partial charge >= 0.3 is 6.09 Å². The smallest absolute Gasteiger partial charge is 0.407 e. The van der Waals surface area contributed by atoms with E-state index in [1.54, 1.807) is 0 Å². The number of benzene rings is 1. The van der Waals surface area contributed by atoms with E-state index in [-0.39, 0.29) is 50.3 Å². The molecule has 0 radical (unpaired) electrons. The first-order valence-corrected chi connectivity index (χ1v) is 9.43. The average molecular weight is 417 g/mol. The van der Waals surface area contributed by atoms with Gasteiger partial charge in [-0.15, -0.1) is 0 Å². The van der Waals surface area contributed by atoms with Crippen LogP contribution < -0.4 is 10.1 Å². The number of carboxylic acid groups (broad SMARTS) is 1. The molecule has 4 rings (SSSR count). The Bertz CT molecular complexity index is 946. The third-order valence-corrected chi connectivity index (χ3v) is 5.26. The maximum Gasteiger partial charge on any atom is 0.407 e. The highest BCUT2D eigenvalue weighted by Crippen LogP contribution is 2.30. The molecule has 2 N–H and O–H groups in total. The molecule has 11 heteroatoms. The molecular weight excluding hydrogens is 398 g/mol. The summed E-state index contributed by atoms with van der Waals surface area (Å²) in [6.07, 6.45) is -1.36. The van der Waals surface area contributed by atoms with Gasteiger partial charge in [-0.1, -0.05) is 0 Å². The first-order valence-electron chi connectivity index (χ1n) is 9.43. The van der Waals surface area contributed by atoms with Gasteiger partial charge in [0.1, 0.15) is 24.5 Å². The molecule has 3 aliphatic heterocycles. The van der Waals surface area contributed by atoms with Gasteiger partial charge in [0.25, 0.3) is 11.8 Å². The van der Waals surface area contributed by atoms with Crippen LogP contribution in [-0.4, -0.2) is 83.1 Å². The van der Waals surface area contributed by atoms with Gasteiger partial charge in [0, 0.05) is 13.0 Å². The highest BCUT2D eigenvalue weighted by molar-refractivity contribution is 6.23. The molecule has 5 amide bonds. The van der Waals surface area contributed by atoms with E-state index in [9.17, 15) is 24.0 Å². The molecule has 30 heavy (non-hydrogen) atoms. The number of hydrogen-bond acceptors (Lipinski definition) is 7. The Morgan fingerprint density at radius 2 is 1.97 bits per heavy atom. The Morgan fingerprint density at radius 1 is 1.20 bits per heavy atom. The number of piperidine rings is 1. The van der Waals surface area contributed by atoms with Gasteiger partial charge in [0.05, 0.1) is 24.3 Å². The van der Waals surface area contributed by atoms with Crippen molar-refractivity contribution in [1.82, 2.24) is 15.1 Å². The Labute approximate surface area is 170 Å². The number of fused-ring (bicyclic) bond motifs is 1. The number of hydrogen-bond donors (Lipinski definition) is 2. The summed E-state index contributed by atoms with van der Waals surface area (Å²) in [5.41, 5.74) is 0.266. The van der Waals surface area contributed by atoms with E-state index in [0.29, 0.717) is 5.75 Å². The second-order valence-corrected chi connectivity index (χ2v) is 7.19. The number of amides is 5. The second kappa shape index (κ2) is 7.75. The summed E-state index contributed by atoms with van der Waals surface area (Å²) >= 11 is 0. The number of nitrogens with one attached hydrogen (secondary N) is 1. The van der Waals surface area contributed by atoms with Crippen molar-refractivity contribution in [2.45, 2.75) is 25.0 Å². The van der Waals surface area contributed by atoms with Crippen LogP contribution in [0.3, 0.4) is 0 Å². The van der Waals surface area contributed by atoms with Gasteiger partial charge in [-0.25, -0.2) is 4.79 Å². The molecule has 2 fully saturated rings. The second-order valence-electron chi connectivity index (χ2n) is 7.19. The van der Waals surface area contributed by atoms with Crippen LogP contribution >= 0.6 is 0 Å². The molecule has 0 saturated carbocycles. The predicted molar refractivity (Wildman–Crippen MR) is 97.9 cm³/mol. The fourth-order valence-electron chi connectivity index (χ4n) is 3.72. The lowest BCUT2D eigenvalue weighted by Crippen LogP contribution is -2.54. The summed E-state index contributed by atoms with van der Waals surface area (Å²) in [7, 11) is 0. The van der Waals surface area contributed by atoms with Gasteiger partial charge < -0.3 is 19.5 Å². The zero-order chi connectivity index (χ0) is 21.4. The predicted octanol–water partition coefficient (Wildman–Crippen LogP) is -0.155. The molecule has 3 aliphatic rings. The van der Waals surface area contributed by atoms with Crippen LogP contribution in [0.5, 0.6) is 5.75 Å². The molecule has 1 aromatic rings. The topological polar surface area (TPSA) is 143 Å². The molecule has 0 aromatic heterocycles. The van der Waals surface area contributed by atoms with Gasteiger partial charge in [0.15, 0.2) is 0 Å². The van der Waals surface area contributed by atoms with E-state index in [4.69, 9.17) is 14.6 Å². The van der Waals surface area contributed by atoms with E-state index in [0.717, 1.165) is 4.90 Å². The number of carbonyl (C=O) groups is 5. The van der Waals surface area contributed by atoms with Crippen LogP contribution in [-0.2, 0) is 14.3 Å². The number of nitrogens with zero attached hydrogens (tertiary/aromatic N) is 2. The van der Waals surface area contributed by atoms with E-state index in [1.807, 2.05) is 0 Å². The quantitative estimate of drug-likeness (QED) is 0.644. The van der Waals surface area contributed by atoms with Crippen LogP contribution in [0, 0.1) is 0 Å². The maximum atomic E-state index is 12.8. The largest absolute Gasteiger partial charge is 0.491 e. The van der Waals surface area contributed by atoms with Crippen LogP contribution in [0.1, 0.15) is 33.6 Å². The Hall–Kier alpha value is -3.47. The minimum atomic E-state index is -1.03. The van der Waals surface area contributed by atoms with Crippen LogP contribution in [0.2, 0.25) is 0 Å². The molecule has 158 valence electrons. The summed E-state index contributed by atoms with van der Waals surface area (Å²) in [5.74, 6) is -2.01. The average Bonchev–Trinajstić information content (AvgIpc) is 2.97. The lowest BCUT2D eigenvalue weighted by molar-refractivity contribution is -0.136. The SMILES string of the molecule is O=C1CCC(N2C(=O)c3ccc(OC[C@@H]4CN(C(=O)O)CCO4)cc3C2=O)C(=O)N1. The Morgan fingerprint density at radius 3 is 2.70 bits per heavy atom. The summed E-state index contributed by atoms with van der Waals surface area (Å²) in [4.78, 5) is 62.1. The zero-order valence-corrected chi connectivity index (χ0v) is 15.8. The minimum absolute atomic E-state index is 0.0485. The summed E-state index contributed by atoms with van der Waals surface area (Å²) in [6.45, 7) is 0.790. The first kappa shape index (κ1) is 19.8. The highest BCUT2D eigenvalue weighted by atomic mass is 16.5. The molecule has 2 saturated heterocycles. The molecule has 1 aromatic carbocycles. The standard InChI is InChI=1S/C19H19N3O8/c23-15-4-3-14(16(24)20-15)22-17(25)12-2-1-10(7-13(12)18(22)26)30-9-11-8-21(19(27)28)5-6-29-11/h1-2,7,11,14H,3-6,8-9H2,(H,27,28)(H,20,23,24)/t11-,14?/m0/s1. The monoisotopic (exact) mass is 417 g/mol. The van der Waals surface area contributed by atoms with Crippen molar-refractivity contribution in [2.75, 3.05) is 26.3 Å². The normalized spacial score (nSPS) is 24.0. The molecule has 0 bridgehead atoms. The van der Waals surface area contributed by atoms with Crippen molar-refractivity contribution in [3.05, 3.63) is 29.3 Å². The van der Waals surface area contributed by atoms with Crippen molar-refractivity contribution in [2.24, 2.45) is 0 Å². The first-order chi connectivity index (χ1) is 14.3. The van der Waals surface area contributed by atoms with E-state index >= 15 is 0 Å². The third kappa shape index (κ3) is 3.59. The number of carbonyl (C=O) groups excluding carboxylic acids is 4. The molecule has 0 spiro atoms. The van der Waals surface area contributed by atoms with E-state index in [2.05, 4.69) is 5.32 Å². The van der Waals surface area contributed by atoms with Gasteiger partial charge in [-0.2, -0.15) is 0 Å². The molecule has 1 unspecified atom stereocenters. The van der Waals surface area contributed by atoms with Crippen LogP contribution in [0.25, 0.3) is 0 Å². The van der Waals surface area contributed by atoms with Crippen LogP contribution in [0.4, 0.5) is 4.79 Å². The maximum absolute atomic E-state index is 12.8. The summed E-state index contributed by atoms with van der Waals surface area (Å²) < 4.78 is 11.1. The fraction of sp³-hybridized carbons (Fsp3) is 0.421. The van der Waals surface area contributed by atoms with Crippen molar-refractivity contribution >= 4 is 29.7 Å². The van der Waals surface area contributed by atoms with Crippen molar-refractivity contribution in [3.8, 4) is 5.75 Å². The van der Waals surface area contributed by atoms with E-state index in [1.165, 1.54) is 23.1 Å². The zero-order valence-electron chi connectivity index (χ0n) is 15.8. The number of morpholine rings is 1. The Kier molecular flexibility index (Phi) is 5.12. The molecular formula is C19H19N3O8. The molecule has 0 aliphatic carbocycles.